The molecular weight excluding hydrogens is 326 g/mol. The molecule has 0 aliphatic carbocycles. The van der Waals surface area contributed by atoms with E-state index in [1.54, 1.807) is 6.92 Å². The van der Waals surface area contributed by atoms with Crippen LogP contribution in [0.2, 0.25) is 0 Å². The monoisotopic (exact) mass is 347 g/mol. The zero-order valence-electron chi connectivity index (χ0n) is 14.0. The lowest BCUT2D eigenvalue weighted by molar-refractivity contribution is -0.116. The maximum Gasteiger partial charge on any atom is 0.413 e. The van der Waals surface area contributed by atoms with Gasteiger partial charge in [0, 0.05) is 12.0 Å². The average molecular weight is 347 g/mol. The largest absolute Gasteiger partial charge is 0.450 e. The fourth-order valence-corrected chi connectivity index (χ4v) is 2.94. The summed E-state index contributed by atoms with van der Waals surface area (Å²) in [5, 5.41) is 6.46. The number of carbonyl (C=O) groups is 2. The van der Waals surface area contributed by atoms with Gasteiger partial charge >= 0.3 is 6.09 Å². The van der Waals surface area contributed by atoms with Crippen LogP contribution in [0.5, 0.6) is 0 Å². The third-order valence-corrected chi connectivity index (χ3v) is 3.89. The van der Waals surface area contributed by atoms with E-state index >= 15 is 0 Å². The van der Waals surface area contributed by atoms with Gasteiger partial charge in [-0.05, 0) is 12.8 Å². The minimum atomic E-state index is -0.564. The van der Waals surface area contributed by atoms with Crippen molar-refractivity contribution in [1.82, 2.24) is 4.98 Å². The molecule has 0 saturated carbocycles. The minimum absolute atomic E-state index is 0.0754. The van der Waals surface area contributed by atoms with Crippen LogP contribution in [0.15, 0.2) is 30.3 Å². The topological polar surface area (TPSA) is 80.3 Å². The van der Waals surface area contributed by atoms with Crippen molar-refractivity contribution in [3.63, 3.8) is 0 Å². The number of hydrogen-bond donors (Lipinski definition) is 2. The lowest BCUT2D eigenvalue weighted by Crippen LogP contribution is -2.13. The lowest BCUT2D eigenvalue weighted by atomic mass is 10.1. The Labute approximate surface area is 145 Å². The van der Waals surface area contributed by atoms with E-state index in [2.05, 4.69) is 15.6 Å². The van der Waals surface area contributed by atoms with E-state index < -0.39 is 6.09 Å². The van der Waals surface area contributed by atoms with Gasteiger partial charge in [-0.1, -0.05) is 55.5 Å². The first-order chi connectivity index (χ1) is 11.5. The Hall–Kier alpha value is -2.41. The van der Waals surface area contributed by atoms with Gasteiger partial charge in [0.05, 0.1) is 6.61 Å². The zero-order chi connectivity index (χ0) is 17.5. The molecular formula is C17H21N3O3S. The average Bonchev–Trinajstić information content (AvgIpc) is 2.89. The standard InChI is InChI=1S/C17H21N3O3S/c1-4-23-17(22)20-16-19-14(12-8-6-5-7-9-12)15(24-16)18-13(21)10-11(2)3/h5-9,11H,4,10H2,1-3H3,(H,18,21)(H,19,20,22). The molecule has 0 bridgehead atoms. The van der Waals surface area contributed by atoms with Crippen LogP contribution in [0.25, 0.3) is 11.3 Å². The first-order valence-corrected chi connectivity index (χ1v) is 8.61. The molecule has 6 nitrogen and oxygen atoms in total. The highest BCUT2D eigenvalue weighted by molar-refractivity contribution is 7.20. The van der Waals surface area contributed by atoms with Gasteiger partial charge in [-0.15, -0.1) is 0 Å². The Balaban J connectivity index is 2.27. The van der Waals surface area contributed by atoms with E-state index in [-0.39, 0.29) is 18.4 Å². The highest BCUT2D eigenvalue weighted by Crippen LogP contribution is 2.36. The Morgan fingerprint density at radius 2 is 1.92 bits per heavy atom. The first-order valence-electron chi connectivity index (χ1n) is 7.79. The van der Waals surface area contributed by atoms with Gasteiger partial charge in [0.2, 0.25) is 5.91 Å². The Morgan fingerprint density at radius 3 is 2.54 bits per heavy atom. The molecule has 7 heteroatoms. The van der Waals surface area contributed by atoms with Crippen LogP contribution in [-0.4, -0.2) is 23.6 Å². The van der Waals surface area contributed by atoms with Gasteiger partial charge in [-0.25, -0.2) is 9.78 Å². The van der Waals surface area contributed by atoms with Crippen molar-refractivity contribution >= 4 is 33.5 Å². The Morgan fingerprint density at radius 1 is 1.21 bits per heavy atom. The van der Waals surface area contributed by atoms with Gasteiger partial charge in [-0.2, -0.15) is 0 Å². The maximum absolute atomic E-state index is 12.1. The number of thiazole rings is 1. The van der Waals surface area contributed by atoms with Crippen LogP contribution >= 0.6 is 11.3 Å². The number of anilines is 2. The number of ether oxygens (including phenoxy) is 1. The summed E-state index contributed by atoms with van der Waals surface area (Å²) in [6.07, 6.45) is -0.141. The van der Waals surface area contributed by atoms with Crippen molar-refractivity contribution in [2.75, 3.05) is 17.2 Å². The van der Waals surface area contributed by atoms with Gasteiger partial charge in [0.15, 0.2) is 5.13 Å². The van der Waals surface area contributed by atoms with Gasteiger partial charge in [0.1, 0.15) is 10.7 Å². The summed E-state index contributed by atoms with van der Waals surface area (Å²) >= 11 is 1.21. The molecule has 1 heterocycles. The summed E-state index contributed by atoms with van der Waals surface area (Å²) in [5.74, 6) is 0.184. The van der Waals surface area contributed by atoms with E-state index in [9.17, 15) is 9.59 Å². The summed E-state index contributed by atoms with van der Waals surface area (Å²) in [4.78, 5) is 28.1. The number of benzene rings is 1. The van der Waals surface area contributed by atoms with E-state index in [0.29, 0.717) is 22.2 Å². The summed E-state index contributed by atoms with van der Waals surface area (Å²) in [6.45, 7) is 5.98. The second kappa shape index (κ2) is 8.44. The molecule has 0 radical (unpaired) electrons. The third kappa shape index (κ3) is 5.06. The number of amides is 2. The normalized spacial score (nSPS) is 10.5. The molecule has 2 aromatic rings. The number of hydrogen-bond acceptors (Lipinski definition) is 5. The summed E-state index contributed by atoms with van der Waals surface area (Å²) in [6, 6.07) is 9.51. The molecule has 1 aromatic heterocycles. The van der Waals surface area contributed by atoms with Crippen molar-refractivity contribution < 1.29 is 14.3 Å². The van der Waals surface area contributed by atoms with E-state index in [1.165, 1.54) is 11.3 Å². The molecule has 0 unspecified atom stereocenters. The van der Waals surface area contributed by atoms with Crippen LogP contribution in [-0.2, 0) is 9.53 Å². The van der Waals surface area contributed by atoms with E-state index in [0.717, 1.165) is 5.56 Å². The Kier molecular flexibility index (Phi) is 6.31. The number of nitrogens with one attached hydrogen (secondary N) is 2. The molecule has 2 rings (SSSR count). The Bertz CT molecular complexity index is 698. The van der Waals surface area contributed by atoms with Crippen LogP contribution in [0, 0.1) is 5.92 Å². The molecule has 0 aliphatic heterocycles. The number of carbonyl (C=O) groups excluding carboxylic acids is 2. The van der Waals surface area contributed by atoms with Gasteiger partial charge in [0.25, 0.3) is 0 Å². The predicted octanol–water partition coefficient (Wildman–Crippen LogP) is 4.36. The van der Waals surface area contributed by atoms with Crippen molar-refractivity contribution in [3.8, 4) is 11.3 Å². The summed E-state index contributed by atoms with van der Waals surface area (Å²) in [5.41, 5.74) is 1.50. The van der Waals surface area contributed by atoms with Crippen LogP contribution in [0.4, 0.5) is 14.9 Å². The van der Waals surface area contributed by atoms with Gasteiger partial charge in [-0.3, -0.25) is 10.1 Å². The molecule has 128 valence electrons. The van der Waals surface area contributed by atoms with Crippen molar-refractivity contribution in [2.45, 2.75) is 27.2 Å². The zero-order valence-corrected chi connectivity index (χ0v) is 14.8. The highest BCUT2D eigenvalue weighted by atomic mass is 32.1. The molecule has 2 N–H and O–H groups in total. The van der Waals surface area contributed by atoms with Crippen LogP contribution in [0.1, 0.15) is 27.2 Å². The molecule has 0 aliphatic rings. The molecule has 0 saturated heterocycles. The smallest absolute Gasteiger partial charge is 0.413 e. The number of rotatable bonds is 6. The molecule has 2 amide bonds. The summed E-state index contributed by atoms with van der Waals surface area (Å²) < 4.78 is 4.86. The fourth-order valence-electron chi connectivity index (χ4n) is 2.05. The summed E-state index contributed by atoms with van der Waals surface area (Å²) in [7, 11) is 0. The third-order valence-electron chi connectivity index (χ3n) is 3.01. The highest BCUT2D eigenvalue weighted by Gasteiger charge is 2.17. The molecule has 1 aromatic carbocycles. The first kappa shape index (κ1) is 17.9. The minimum Gasteiger partial charge on any atom is -0.450 e. The van der Waals surface area contributed by atoms with Gasteiger partial charge < -0.3 is 10.1 Å². The number of aromatic nitrogens is 1. The van der Waals surface area contributed by atoms with Crippen molar-refractivity contribution in [1.29, 1.82) is 0 Å². The SMILES string of the molecule is CCOC(=O)Nc1nc(-c2ccccc2)c(NC(=O)CC(C)C)s1. The quantitative estimate of drug-likeness (QED) is 0.813. The molecule has 0 spiro atoms. The van der Waals surface area contributed by atoms with Crippen LogP contribution < -0.4 is 10.6 Å². The van der Waals surface area contributed by atoms with Crippen LogP contribution in [0.3, 0.4) is 0 Å². The predicted molar refractivity (Wildman–Crippen MR) is 96.3 cm³/mol. The number of nitrogens with zero attached hydrogens (tertiary/aromatic N) is 1. The van der Waals surface area contributed by atoms with E-state index in [1.807, 2.05) is 44.2 Å². The van der Waals surface area contributed by atoms with E-state index in [4.69, 9.17) is 4.74 Å². The molecule has 0 atom stereocenters. The molecule has 0 fully saturated rings. The second-order valence-corrected chi connectivity index (χ2v) is 6.55. The lowest BCUT2D eigenvalue weighted by Gasteiger charge is -2.06. The second-order valence-electron chi connectivity index (χ2n) is 5.55. The maximum atomic E-state index is 12.1. The van der Waals surface area contributed by atoms with Crippen molar-refractivity contribution in [2.24, 2.45) is 5.92 Å². The molecule has 24 heavy (non-hydrogen) atoms. The fraction of sp³-hybridized carbons (Fsp3) is 0.353. The van der Waals surface area contributed by atoms with Crippen molar-refractivity contribution in [3.05, 3.63) is 30.3 Å².